The van der Waals surface area contributed by atoms with Gasteiger partial charge in [0.05, 0.1) is 11.4 Å². The second kappa shape index (κ2) is 15.2. The molecule has 5 heteroatoms. The van der Waals surface area contributed by atoms with Crippen LogP contribution in [0.1, 0.15) is 110 Å². The van der Waals surface area contributed by atoms with Crippen molar-refractivity contribution in [2.75, 3.05) is 0 Å². The zero-order valence-electron chi connectivity index (χ0n) is 15.9. The molecule has 2 unspecified atom stereocenters. The molecule has 146 valence electrons. The maximum absolute atomic E-state index is 11.2. The SMILES string of the molecule is CCCCCCCC(O)CCCCCCCC(CCC)S(=O)(=O)O. The van der Waals surface area contributed by atoms with Gasteiger partial charge in [0.2, 0.25) is 0 Å². The molecule has 2 N–H and O–H groups in total. The summed E-state index contributed by atoms with van der Waals surface area (Å²) in [4.78, 5) is 0. The predicted molar refractivity (Wildman–Crippen MR) is 102 cm³/mol. The zero-order valence-corrected chi connectivity index (χ0v) is 16.7. The minimum Gasteiger partial charge on any atom is -0.393 e. The minimum atomic E-state index is -3.88. The van der Waals surface area contributed by atoms with E-state index in [0.29, 0.717) is 12.8 Å². The van der Waals surface area contributed by atoms with E-state index in [1.54, 1.807) is 0 Å². The molecule has 4 nitrogen and oxygen atoms in total. The van der Waals surface area contributed by atoms with Gasteiger partial charge in [-0.2, -0.15) is 8.42 Å². The first-order chi connectivity index (χ1) is 11.4. The van der Waals surface area contributed by atoms with Crippen LogP contribution in [0.15, 0.2) is 0 Å². The van der Waals surface area contributed by atoms with Crippen molar-refractivity contribution >= 4 is 10.1 Å². The van der Waals surface area contributed by atoms with E-state index in [9.17, 15) is 18.1 Å². The monoisotopic (exact) mass is 364 g/mol. The Bertz CT molecular complexity index is 368. The highest BCUT2D eigenvalue weighted by Gasteiger charge is 2.21. The summed E-state index contributed by atoms with van der Waals surface area (Å²) in [5.41, 5.74) is 0. The van der Waals surface area contributed by atoms with Crippen molar-refractivity contribution < 1.29 is 18.1 Å². The third-order valence-corrected chi connectivity index (χ3v) is 6.05. The molecule has 0 aromatic rings. The number of rotatable bonds is 17. The lowest BCUT2D eigenvalue weighted by Crippen LogP contribution is -2.20. The Morgan fingerprint density at radius 2 is 1.12 bits per heavy atom. The maximum Gasteiger partial charge on any atom is 0.267 e. The lowest BCUT2D eigenvalue weighted by atomic mass is 10.0. The Kier molecular flexibility index (Phi) is 15.1. The van der Waals surface area contributed by atoms with E-state index in [4.69, 9.17) is 0 Å². The lowest BCUT2D eigenvalue weighted by molar-refractivity contribution is 0.147. The van der Waals surface area contributed by atoms with Crippen molar-refractivity contribution in [1.82, 2.24) is 0 Å². The van der Waals surface area contributed by atoms with E-state index in [-0.39, 0.29) is 6.10 Å². The van der Waals surface area contributed by atoms with Crippen molar-refractivity contribution in [3.63, 3.8) is 0 Å². The highest BCUT2D eigenvalue weighted by molar-refractivity contribution is 7.86. The Morgan fingerprint density at radius 1 is 0.667 bits per heavy atom. The van der Waals surface area contributed by atoms with E-state index < -0.39 is 15.4 Å². The summed E-state index contributed by atoms with van der Waals surface area (Å²) in [5.74, 6) is 0. The summed E-state index contributed by atoms with van der Waals surface area (Å²) in [7, 11) is -3.88. The van der Waals surface area contributed by atoms with Gasteiger partial charge in [-0.25, -0.2) is 0 Å². The first-order valence-electron chi connectivity index (χ1n) is 10.1. The smallest absolute Gasteiger partial charge is 0.267 e. The molecule has 0 amide bonds. The highest BCUT2D eigenvalue weighted by Crippen LogP contribution is 2.17. The molecule has 0 aromatic carbocycles. The second-order valence-electron chi connectivity index (χ2n) is 7.13. The standard InChI is InChI=1S/C19H40O4S/c1-3-5-6-8-11-15-18(20)16-12-9-7-10-13-17-19(14-4-2)24(21,22)23/h18-20H,3-17H2,1-2H3,(H,21,22,23). The van der Waals surface area contributed by atoms with Crippen LogP contribution in [-0.2, 0) is 10.1 Å². The predicted octanol–water partition coefficient (Wildman–Crippen LogP) is 5.50. The fraction of sp³-hybridized carbons (Fsp3) is 1.00. The van der Waals surface area contributed by atoms with E-state index in [1.165, 1.54) is 25.7 Å². The van der Waals surface area contributed by atoms with Crippen LogP contribution in [0.5, 0.6) is 0 Å². The van der Waals surface area contributed by atoms with Crippen LogP contribution in [0.3, 0.4) is 0 Å². The molecule has 0 saturated heterocycles. The largest absolute Gasteiger partial charge is 0.393 e. The molecule has 0 saturated carbocycles. The van der Waals surface area contributed by atoms with Crippen molar-refractivity contribution in [2.24, 2.45) is 0 Å². The van der Waals surface area contributed by atoms with Crippen molar-refractivity contribution in [3.05, 3.63) is 0 Å². The minimum absolute atomic E-state index is 0.153. The summed E-state index contributed by atoms with van der Waals surface area (Å²) < 4.78 is 31.6. The first kappa shape index (κ1) is 23.9. The van der Waals surface area contributed by atoms with Gasteiger partial charge >= 0.3 is 0 Å². The molecule has 0 aliphatic carbocycles. The van der Waals surface area contributed by atoms with Crippen LogP contribution in [0.4, 0.5) is 0 Å². The van der Waals surface area contributed by atoms with E-state index >= 15 is 0 Å². The first-order valence-corrected chi connectivity index (χ1v) is 11.6. The molecule has 2 atom stereocenters. The molecular formula is C19H40O4S. The Hall–Kier alpha value is -0.130. The lowest BCUT2D eigenvalue weighted by Gasteiger charge is -2.12. The summed E-state index contributed by atoms with van der Waals surface area (Å²) in [6.45, 7) is 4.15. The van der Waals surface area contributed by atoms with E-state index in [2.05, 4.69) is 6.92 Å². The Labute approximate surface area is 150 Å². The van der Waals surface area contributed by atoms with Gasteiger partial charge in [0.1, 0.15) is 0 Å². The van der Waals surface area contributed by atoms with Gasteiger partial charge in [-0.05, 0) is 25.7 Å². The van der Waals surface area contributed by atoms with Crippen LogP contribution < -0.4 is 0 Å². The van der Waals surface area contributed by atoms with Crippen molar-refractivity contribution in [1.29, 1.82) is 0 Å². The molecule has 0 aliphatic heterocycles. The van der Waals surface area contributed by atoms with Crippen LogP contribution in [0, 0.1) is 0 Å². The quantitative estimate of drug-likeness (QED) is 0.264. The third kappa shape index (κ3) is 14.2. The molecule has 0 aliphatic rings. The number of unbranched alkanes of at least 4 members (excludes halogenated alkanes) is 8. The number of hydrogen-bond acceptors (Lipinski definition) is 3. The Morgan fingerprint density at radius 3 is 1.58 bits per heavy atom. The average Bonchev–Trinajstić information content (AvgIpc) is 2.51. The number of hydrogen-bond donors (Lipinski definition) is 2. The van der Waals surface area contributed by atoms with Gasteiger partial charge in [0, 0.05) is 0 Å². The summed E-state index contributed by atoms with van der Waals surface area (Å²) in [5, 5.41) is 9.35. The maximum atomic E-state index is 11.2. The summed E-state index contributed by atoms with van der Waals surface area (Å²) in [6, 6.07) is 0. The average molecular weight is 365 g/mol. The molecule has 0 bridgehead atoms. The van der Waals surface area contributed by atoms with Gasteiger partial charge < -0.3 is 5.11 Å². The fourth-order valence-electron chi connectivity index (χ4n) is 3.17. The second-order valence-corrected chi connectivity index (χ2v) is 8.82. The molecule has 24 heavy (non-hydrogen) atoms. The molecule has 0 heterocycles. The summed E-state index contributed by atoms with van der Waals surface area (Å²) in [6.07, 6.45) is 14.8. The van der Waals surface area contributed by atoms with Crippen molar-refractivity contribution in [2.45, 2.75) is 122 Å². The van der Waals surface area contributed by atoms with Crippen LogP contribution in [0.2, 0.25) is 0 Å². The Balaban J connectivity index is 3.52. The topological polar surface area (TPSA) is 74.6 Å². The number of aliphatic hydroxyl groups excluding tert-OH is 1. The molecule has 0 aromatic heterocycles. The normalized spacial score (nSPS) is 14.7. The third-order valence-electron chi connectivity index (χ3n) is 4.74. The van der Waals surface area contributed by atoms with Crippen LogP contribution in [-0.4, -0.2) is 29.4 Å². The highest BCUT2D eigenvalue weighted by atomic mass is 32.2. The molecule has 0 rings (SSSR count). The molecule has 0 spiro atoms. The number of aliphatic hydroxyl groups is 1. The van der Waals surface area contributed by atoms with E-state index in [1.807, 2.05) is 6.92 Å². The molecule has 0 fully saturated rings. The van der Waals surface area contributed by atoms with Crippen molar-refractivity contribution in [3.8, 4) is 0 Å². The zero-order chi connectivity index (χ0) is 18.3. The van der Waals surface area contributed by atoms with Gasteiger partial charge in [0.25, 0.3) is 10.1 Å². The van der Waals surface area contributed by atoms with E-state index in [0.717, 1.165) is 57.8 Å². The molecular weight excluding hydrogens is 324 g/mol. The molecule has 0 radical (unpaired) electrons. The van der Waals surface area contributed by atoms with Gasteiger partial charge in [0.15, 0.2) is 0 Å². The van der Waals surface area contributed by atoms with Gasteiger partial charge in [-0.15, -0.1) is 0 Å². The van der Waals surface area contributed by atoms with Crippen LogP contribution in [0.25, 0.3) is 0 Å². The van der Waals surface area contributed by atoms with Gasteiger partial charge in [-0.1, -0.05) is 84.5 Å². The van der Waals surface area contributed by atoms with Crippen LogP contribution >= 0.6 is 0 Å². The fourth-order valence-corrected chi connectivity index (χ4v) is 4.17. The van der Waals surface area contributed by atoms with Gasteiger partial charge in [-0.3, -0.25) is 4.55 Å². The summed E-state index contributed by atoms with van der Waals surface area (Å²) >= 11 is 0.